The average molecular weight is 288 g/mol. The molecule has 0 aliphatic rings. The number of furan rings is 1. The Morgan fingerprint density at radius 3 is 2.80 bits per heavy atom. The smallest absolute Gasteiger partial charge is 0.106 e. The largest absolute Gasteiger partial charge is 0.469 e. The first-order chi connectivity index (χ1) is 9.58. The van der Waals surface area contributed by atoms with Crippen molar-refractivity contribution in [2.75, 3.05) is 5.32 Å². The van der Waals surface area contributed by atoms with Crippen molar-refractivity contribution in [3.05, 3.63) is 53.5 Å². The lowest BCUT2D eigenvalue weighted by atomic mass is 10.1. The fourth-order valence-corrected chi connectivity index (χ4v) is 2.37. The average Bonchev–Trinajstić information content (AvgIpc) is 2.91. The summed E-state index contributed by atoms with van der Waals surface area (Å²) in [4.78, 5) is 0.425. The Morgan fingerprint density at radius 2 is 2.15 bits per heavy atom. The van der Waals surface area contributed by atoms with Crippen LogP contribution >= 0.6 is 12.2 Å². The molecule has 4 heteroatoms. The van der Waals surface area contributed by atoms with Crippen LogP contribution in [0.5, 0.6) is 0 Å². The van der Waals surface area contributed by atoms with E-state index in [9.17, 15) is 0 Å². The van der Waals surface area contributed by atoms with Crippen LogP contribution in [0.3, 0.4) is 0 Å². The lowest BCUT2D eigenvalue weighted by molar-refractivity contribution is 0.495. The first-order valence-electron chi connectivity index (χ1n) is 6.76. The second-order valence-electron chi connectivity index (χ2n) is 5.03. The van der Waals surface area contributed by atoms with Crippen LogP contribution in [-0.4, -0.2) is 11.0 Å². The Hall–Kier alpha value is -1.81. The molecule has 1 heterocycles. The minimum Gasteiger partial charge on any atom is -0.469 e. The summed E-state index contributed by atoms with van der Waals surface area (Å²) in [6, 6.07) is 10.2. The minimum atomic E-state index is 0.314. The molecule has 20 heavy (non-hydrogen) atoms. The van der Waals surface area contributed by atoms with E-state index in [0.29, 0.717) is 11.0 Å². The van der Waals surface area contributed by atoms with Gasteiger partial charge in [-0.2, -0.15) is 0 Å². The van der Waals surface area contributed by atoms with Crippen molar-refractivity contribution in [3.8, 4) is 0 Å². The van der Waals surface area contributed by atoms with Crippen molar-refractivity contribution in [2.45, 2.75) is 32.7 Å². The van der Waals surface area contributed by atoms with Gasteiger partial charge in [0, 0.05) is 23.7 Å². The number of rotatable bonds is 6. The quantitative estimate of drug-likeness (QED) is 0.797. The molecule has 1 unspecified atom stereocenters. The summed E-state index contributed by atoms with van der Waals surface area (Å²) >= 11 is 5.11. The van der Waals surface area contributed by atoms with Gasteiger partial charge in [0.1, 0.15) is 10.7 Å². The van der Waals surface area contributed by atoms with Gasteiger partial charge in [-0.05, 0) is 44.0 Å². The Balaban J connectivity index is 2.03. The standard InChI is InChI=1S/C16H20N2OS/c1-11-5-3-7-14(16(17)20)15(11)18-12(2)8-9-13-6-4-10-19-13/h3-7,10,12,18H,8-9H2,1-2H3,(H2,17,20). The zero-order valence-electron chi connectivity index (χ0n) is 11.8. The van der Waals surface area contributed by atoms with Crippen LogP contribution in [0, 0.1) is 6.92 Å². The molecular weight excluding hydrogens is 268 g/mol. The highest BCUT2D eigenvalue weighted by Crippen LogP contribution is 2.22. The number of hydrogen-bond donors (Lipinski definition) is 2. The molecular formula is C16H20N2OS. The van der Waals surface area contributed by atoms with Gasteiger partial charge in [0.15, 0.2) is 0 Å². The van der Waals surface area contributed by atoms with E-state index in [1.54, 1.807) is 6.26 Å². The number of hydrogen-bond acceptors (Lipinski definition) is 3. The molecule has 0 aliphatic heterocycles. The van der Waals surface area contributed by atoms with Crippen molar-refractivity contribution >= 4 is 22.9 Å². The van der Waals surface area contributed by atoms with Crippen molar-refractivity contribution in [3.63, 3.8) is 0 Å². The predicted molar refractivity (Wildman–Crippen MR) is 87.2 cm³/mol. The van der Waals surface area contributed by atoms with Gasteiger partial charge in [0.2, 0.25) is 0 Å². The summed E-state index contributed by atoms with van der Waals surface area (Å²) in [7, 11) is 0. The van der Waals surface area contributed by atoms with Crippen molar-refractivity contribution in [1.29, 1.82) is 0 Å². The lowest BCUT2D eigenvalue weighted by Crippen LogP contribution is -2.20. The highest BCUT2D eigenvalue weighted by Gasteiger charge is 2.11. The number of benzene rings is 1. The maximum absolute atomic E-state index is 5.79. The maximum Gasteiger partial charge on any atom is 0.106 e. The summed E-state index contributed by atoms with van der Waals surface area (Å²) in [5.74, 6) is 1.01. The molecule has 2 rings (SSSR count). The monoisotopic (exact) mass is 288 g/mol. The Labute approximate surface area is 125 Å². The minimum absolute atomic E-state index is 0.314. The van der Waals surface area contributed by atoms with Crippen LogP contribution in [0.1, 0.15) is 30.2 Å². The van der Waals surface area contributed by atoms with Crippen LogP contribution < -0.4 is 11.1 Å². The number of aryl methyl sites for hydroxylation is 2. The fourth-order valence-electron chi connectivity index (χ4n) is 2.20. The van der Waals surface area contributed by atoms with E-state index < -0.39 is 0 Å². The van der Waals surface area contributed by atoms with Crippen molar-refractivity contribution in [2.24, 2.45) is 5.73 Å². The molecule has 0 spiro atoms. The molecule has 0 saturated heterocycles. The predicted octanol–water partition coefficient (Wildman–Crippen LogP) is 3.66. The number of anilines is 1. The lowest BCUT2D eigenvalue weighted by Gasteiger charge is -2.19. The Morgan fingerprint density at radius 1 is 1.35 bits per heavy atom. The highest BCUT2D eigenvalue weighted by atomic mass is 32.1. The molecule has 0 bridgehead atoms. The van der Waals surface area contributed by atoms with Gasteiger partial charge < -0.3 is 15.5 Å². The fraction of sp³-hybridized carbons (Fsp3) is 0.312. The summed E-state index contributed by atoms with van der Waals surface area (Å²) in [6.07, 6.45) is 3.60. The molecule has 1 aromatic carbocycles. The maximum atomic E-state index is 5.79. The van der Waals surface area contributed by atoms with E-state index in [2.05, 4.69) is 25.2 Å². The van der Waals surface area contributed by atoms with Crippen molar-refractivity contribution < 1.29 is 4.42 Å². The summed E-state index contributed by atoms with van der Waals surface area (Å²) in [6.45, 7) is 4.21. The van der Waals surface area contributed by atoms with Crippen molar-refractivity contribution in [1.82, 2.24) is 0 Å². The molecule has 106 valence electrons. The molecule has 1 aromatic heterocycles. The van der Waals surface area contributed by atoms with Crippen LogP contribution in [0.15, 0.2) is 41.0 Å². The molecule has 0 amide bonds. The van der Waals surface area contributed by atoms with Crippen LogP contribution in [0.4, 0.5) is 5.69 Å². The highest BCUT2D eigenvalue weighted by molar-refractivity contribution is 7.80. The molecule has 0 fully saturated rings. The van der Waals surface area contributed by atoms with Gasteiger partial charge in [-0.1, -0.05) is 24.4 Å². The van der Waals surface area contributed by atoms with E-state index in [1.165, 1.54) is 0 Å². The summed E-state index contributed by atoms with van der Waals surface area (Å²) in [5.41, 5.74) is 8.88. The van der Waals surface area contributed by atoms with Gasteiger partial charge in [-0.25, -0.2) is 0 Å². The second-order valence-corrected chi connectivity index (χ2v) is 5.46. The normalized spacial score (nSPS) is 12.1. The summed E-state index contributed by atoms with van der Waals surface area (Å²) < 4.78 is 5.35. The van der Waals surface area contributed by atoms with Gasteiger partial charge in [-0.15, -0.1) is 0 Å². The zero-order valence-corrected chi connectivity index (χ0v) is 12.7. The topological polar surface area (TPSA) is 51.2 Å². The van der Waals surface area contributed by atoms with Crippen LogP contribution in [-0.2, 0) is 6.42 Å². The van der Waals surface area contributed by atoms with E-state index in [1.807, 2.05) is 24.3 Å². The zero-order chi connectivity index (χ0) is 14.5. The number of nitrogens with two attached hydrogens (primary N) is 1. The number of nitrogens with one attached hydrogen (secondary N) is 1. The third-order valence-corrected chi connectivity index (χ3v) is 3.55. The molecule has 1 atom stereocenters. The molecule has 0 saturated carbocycles. The Kier molecular flexibility index (Phi) is 4.79. The molecule has 0 radical (unpaired) electrons. The van der Waals surface area contributed by atoms with E-state index in [4.69, 9.17) is 22.4 Å². The van der Waals surface area contributed by atoms with Crippen LogP contribution in [0.25, 0.3) is 0 Å². The van der Waals surface area contributed by atoms with Gasteiger partial charge in [0.05, 0.1) is 6.26 Å². The van der Waals surface area contributed by atoms with Gasteiger partial charge in [0.25, 0.3) is 0 Å². The van der Waals surface area contributed by atoms with Crippen LogP contribution in [0.2, 0.25) is 0 Å². The SMILES string of the molecule is Cc1cccc(C(N)=S)c1NC(C)CCc1ccco1. The van der Waals surface area contributed by atoms with E-state index >= 15 is 0 Å². The molecule has 3 N–H and O–H groups in total. The first-order valence-corrected chi connectivity index (χ1v) is 7.17. The third kappa shape index (κ3) is 3.61. The van der Waals surface area contributed by atoms with Gasteiger partial charge >= 0.3 is 0 Å². The van der Waals surface area contributed by atoms with Gasteiger partial charge in [-0.3, -0.25) is 0 Å². The van der Waals surface area contributed by atoms with E-state index in [-0.39, 0.29) is 0 Å². The third-order valence-electron chi connectivity index (χ3n) is 3.33. The second kappa shape index (κ2) is 6.57. The first kappa shape index (κ1) is 14.6. The molecule has 2 aromatic rings. The molecule has 0 aliphatic carbocycles. The molecule has 3 nitrogen and oxygen atoms in total. The summed E-state index contributed by atoms with van der Waals surface area (Å²) in [5, 5.41) is 3.51. The Bertz CT molecular complexity index is 578. The number of thiocarbonyl (C=S) groups is 1. The number of para-hydroxylation sites is 1. The van der Waals surface area contributed by atoms with E-state index in [0.717, 1.165) is 35.4 Å².